The average molecular weight is 231 g/mol. The first-order chi connectivity index (χ1) is 7.61. The summed E-state index contributed by atoms with van der Waals surface area (Å²) in [5, 5.41) is 2.92. The molecule has 0 saturated heterocycles. The summed E-state index contributed by atoms with van der Waals surface area (Å²) in [5.74, 6) is 0.300. The molecule has 1 N–H and O–H groups in total. The van der Waals surface area contributed by atoms with Crippen molar-refractivity contribution in [3.8, 4) is 0 Å². The predicted octanol–water partition coefficient (Wildman–Crippen LogP) is 1.59. The highest BCUT2D eigenvalue weighted by molar-refractivity contribution is 5.77. The number of nitrogens with one attached hydrogen (secondary N) is 1. The van der Waals surface area contributed by atoms with Crippen LogP contribution in [0.4, 0.5) is 0 Å². The molecule has 1 unspecified atom stereocenters. The zero-order chi connectivity index (χ0) is 12.4. The molecule has 96 valence electrons. The topological polar surface area (TPSA) is 47.6 Å². The molecule has 4 heteroatoms. The van der Waals surface area contributed by atoms with Crippen LogP contribution in [-0.4, -0.2) is 38.4 Å². The van der Waals surface area contributed by atoms with E-state index in [1.54, 1.807) is 0 Å². The Bertz CT molecular complexity index is 183. The number of rotatable bonds is 9. The molecule has 0 bridgehead atoms. The Morgan fingerprint density at radius 2 is 1.94 bits per heavy atom. The lowest BCUT2D eigenvalue weighted by Gasteiger charge is -2.22. The first kappa shape index (κ1) is 15.4. The third-order valence-electron chi connectivity index (χ3n) is 2.23. The molecule has 0 aliphatic heterocycles. The van der Waals surface area contributed by atoms with E-state index in [-0.39, 0.29) is 18.6 Å². The van der Waals surface area contributed by atoms with Crippen molar-refractivity contribution in [3.05, 3.63) is 0 Å². The third-order valence-corrected chi connectivity index (χ3v) is 2.23. The van der Waals surface area contributed by atoms with E-state index in [1.165, 1.54) is 0 Å². The van der Waals surface area contributed by atoms with Gasteiger partial charge in [-0.3, -0.25) is 4.79 Å². The maximum Gasteiger partial charge on any atom is 0.246 e. The van der Waals surface area contributed by atoms with Gasteiger partial charge in [0, 0.05) is 13.2 Å². The van der Waals surface area contributed by atoms with E-state index in [9.17, 15) is 4.79 Å². The van der Waals surface area contributed by atoms with Gasteiger partial charge in [-0.25, -0.2) is 0 Å². The van der Waals surface area contributed by atoms with E-state index in [2.05, 4.69) is 19.2 Å². The highest BCUT2D eigenvalue weighted by atomic mass is 16.5. The summed E-state index contributed by atoms with van der Waals surface area (Å²) >= 11 is 0. The van der Waals surface area contributed by atoms with Crippen LogP contribution in [0.3, 0.4) is 0 Å². The monoisotopic (exact) mass is 231 g/mol. The molecule has 0 radical (unpaired) electrons. The molecular weight excluding hydrogens is 206 g/mol. The molecule has 0 heterocycles. The Labute approximate surface area is 98.7 Å². The average Bonchev–Trinajstić information content (AvgIpc) is 2.24. The SMILES string of the molecule is CCCOCC(=O)NC(COCC)C(C)C. The van der Waals surface area contributed by atoms with Crippen LogP contribution in [0.1, 0.15) is 34.1 Å². The van der Waals surface area contributed by atoms with Gasteiger partial charge in [0.25, 0.3) is 0 Å². The second-order valence-electron chi connectivity index (χ2n) is 4.13. The summed E-state index contributed by atoms with van der Waals surface area (Å²) in [7, 11) is 0. The van der Waals surface area contributed by atoms with E-state index in [0.717, 1.165) is 6.42 Å². The fraction of sp³-hybridized carbons (Fsp3) is 0.917. The van der Waals surface area contributed by atoms with Gasteiger partial charge in [-0.15, -0.1) is 0 Å². The maximum atomic E-state index is 11.5. The number of hydrogen-bond donors (Lipinski definition) is 1. The smallest absolute Gasteiger partial charge is 0.246 e. The summed E-state index contributed by atoms with van der Waals surface area (Å²) in [5.41, 5.74) is 0. The standard InChI is InChI=1S/C12H25NO3/c1-5-7-16-9-12(14)13-11(10(3)4)8-15-6-2/h10-11H,5-9H2,1-4H3,(H,13,14). The number of carbonyl (C=O) groups excluding carboxylic acids is 1. The molecule has 4 nitrogen and oxygen atoms in total. The number of amides is 1. The molecule has 0 aliphatic carbocycles. The van der Waals surface area contributed by atoms with E-state index < -0.39 is 0 Å². The molecule has 0 rings (SSSR count). The fourth-order valence-corrected chi connectivity index (χ4v) is 1.20. The van der Waals surface area contributed by atoms with Crippen molar-refractivity contribution in [2.24, 2.45) is 5.92 Å². The van der Waals surface area contributed by atoms with Crippen molar-refractivity contribution in [2.75, 3.05) is 26.4 Å². The second kappa shape index (κ2) is 9.60. The Balaban J connectivity index is 3.83. The lowest BCUT2D eigenvalue weighted by atomic mass is 10.1. The largest absolute Gasteiger partial charge is 0.380 e. The molecule has 0 fully saturated rings. The normalized spacial score (nSPS) is 12.8. The molecule has 0 aromatic carbocycles. The lowest BCUT2D eigenvalue weighted by Crippen LogP contribution is -2.43. The van der Waals surface area contributed by atoms with Crippen molar-refractivity contribution in [2.45, 2.75) is 40.2 Å². The Morgan fingerprint density at radius 3 is 2.44 bits per heavy atom. The summed E-state index contributed by atoms with van der Waals surface area (Å²) in [6.07, 6.45) is 0.930. The van der Waals surface area contributed by atoms with Crippen LogP contribution in [-0.2, 0) is 14.3 Å². The summed E-state index contributed by atoms with van der Waals surface area (Å²) in [6, 6.07) is 0.0673. The third kappa shape index (κ3) is 7.65. The molecule has 0 aromatic rings. The van der Waals surface area contributed by atoms with Crippen molar-refractivity contribution in [1.29, 1.82) is 0 Å². The quantitative estimate of drug-likeness (QED) is 0.613. The van der Waals surface area contributed by atoms with Gasteiger partial charge in [0.2, 0.25) is 5.91 Å². The van der Waals surface area contributed by atoms with E-state index >= 15 is 0 Å². The highest BCUT2D eigenvalue weighted by Gasteiger charge is 2.15. The maximum absolute atomic E-state index is 11.5. The van der Waals surface area contributed by atoms with Gasteiger partial charge >= 0.3 is 0 Å². The molecular formula is C12H25NO3. The second-order valence-corrected chi connectivity index (χ2v) is 4.13. The summed E-state index contributed by atoms with van der Waals surface area (Å²) < 4.78 is 10.5. The van der Waals surface area contributed by atoms with Crippen LogP contribution in [0, 0.1) is 5.92 Å². The molecule has 0 aliphatic rings. The van der Waals surface area contributed by atoms with Crippen LogP contribution in [0.25, 0.3) is 0 Å². The van der Waals surface area contributed by atoms with Gasteiger partial charge in [0.1, 0.15) is 6.61 Å². The van der Waals surface area contributed by atoms with Gasteiger partial charge in [0.05, 0.1) is 12.6 Å². The van der Waals surface area contributed by atoms with Crippen LogP contribution < -0.4 is 5.32 Å². The summed E-state index contributed by atoms with van der Waals surface area (Å²) in [4.78, 5) is 11.5. The van der Waals surface area contributed by atoms with Gasteiger partial charge in [-0.2, -0.15) is 0 Å². The van der Waals surface area contributed by atoms with Gasteiger partial charge in [0.15, 0.2) is 0 Å². The number of hydrogen-bond acceptors (Lipinski definition) is 3. The van der Waals surface area contributed by atoms with Crippen molar-refractivity contribution in [1.82, 2.24) is 5.32 Å². The minimum atomic E-state index is -0.0631. The lowest BCUT2D eigenvalue weighted by molar-refractivity contribution is -0.127. The molecule has 16 heavy (non-hydrogen) atoms. The van der Waals surface area contributed by atoms with Crippen LogP contribution in [0.2, 0.25) is 0 Å². The minimum Gasteiger partial charge on any atom is -0.380 e. The molecule has 1 amide bonds. The molecule has 0 aromatic heterocycles. The number of carbonyl (C=O) groups is 1. The van der Waals surface area contributed by atoms with Gasteiger partial charge < -0.3 is 14.8 Å². The van der Waals surface area contributed by atoms with Crippen molar-refractivity contribution >= 4 is 5.91 Å². The zero-order valence-electron chi connectivity index (χ0n) is 10.9. The highest BCUT2D eigenvalue weighted by Crippen LogP contribution is 2.02. The Kier molecular flexibility index (Phi) is 9.24. The van der Waals surface area contributed by atoms with E-state index in [1.807, 2.05) is 13.8 Å². The van der Waals surface area contributed by atoms with Crippen molar-refractivity contribution in [3.63, 3.8) is 0 Å². The molecule has 1 atom stereocenters. The summed E-state index contributed by atoms with van der Waals surface area (Å²) in [6.45, 7) is 10.1. The Hall–Kier alpha value is -0.610. The zero-order valence-corrected chi connectivity index (χ0v) is 10.9. The van der Waals surface area contributed by atoms with Crippen LogP contribution in [0.5, 0.6) is 0 Å². The minimum absolute atomic E-state index is 0.0631. The van der Waals surface area contributed by atoms with Gasteiger partial charge in [-0.1, -0.05) is 20.8 Å². The first-order valence-corrected chi connectivity index (χ1v) is 6.06. The van der Waals surface area contributed by atoms with Crippen molar-refractivity contribution < 1.29 is 14.3 Å². The van der Waals surface area contributed by atoms with E-state index in [4.69, 9.17) is 9.47 Å². The Morgan fingerprint density at radius 1 is 1.25 bits per heavy atom. The van der Waals surface area contributed by atoms with Crippen LogP contribution in [0.15, 0.2) is 0 Å². The van der Waals surface area contributed by atoms with E-state index in [0.29, 0.717) is 25.7 Å². The first-order valence-electron chi connectivity index (χ1n) is 6.06. The number of ether oxygens (including phenoxy) is 2. The predicted molar refractivity (Wildman–Crippen MR) is 64.4 cm³/mol. The van der Waals surface area contributed by atoms with Crippen LogP contribution >= 0.6 is 0 Å². The molecule has 0 spiro atoms. The fourth-order valence-electron chi connectivity index (χ4n) is 1.20. The van der Waals surface area contributed by atoms with Gasteiger partial charge in [-0.05, 0) is 19.3 Å². The molecule has 0 saturated carbocycles.